The zero-order valence-corrected chi connectivity index (χ0v) is 11.1. The van der Waals surface area contributed by atoms with Crippen molar-refractivity contribution in [3.63, 3.8) is 0 Å². The molecule has 1 unspecified atom stereocenters. The van der Waals surface area contributed by atoms with Crippen molar-refractivity contribution in [1.29, 1.82) is 0 Å². The molecule has 0 aliphatic carbocycles. The first-order valence-electron chi connectivity index (χ1n) is 5.21. The Morgan fingerprint density at radius 1 is 1.65 bits per heavy atom. The fourth-order valence-electron chi connectivity index (χ4n) is 1.45. The highest BCUT2D eigenvalue weighted by Gasteiger charge is 2.16. The third kappa shape index (κ3) is 4.12. The van der Waals surface area contributed by atoms with Crippen molar-refractivity contribution in [3.8, 4) is 12.3 Å². The first-order chi connectivity index (χ1) is 8.04. The topological polar surface area (TPSA) is 40.5 Å². The standard InChI is InChI=1S/C13H14BrNO2/c1-3-7-15(9-10(2)13(16)17)12-6-4-5-11(14)8-12/h1,4-6,8,10H,7,9H2,2H3,(H,16,17). The number of carboxylic acid groups (broad SMARTS) is 1. The Labute approximate surface area is 110 Å². The third-order valence-electron chi connectivity index (χ3n) is 2.37. The lowest BCUT2D eigenvalue weighted by Crippen LogP contribution is -2.32. The van der Waals surface area contributed by atoms with Gasteiger partial charge in [-0.1, -0.05) is 34.8 Å². The molecule has 90 valence electrons. The molecule has 1 atom stereocenters. The van der Waals surface area contributed by atoms with Gasteiger partial charge >= 0.3 is 5.97 Å². The van der Waals surface area contributed by atoms with Gasteiger partial charge in [0.25, 0.3) is 0 Å². The van der Waals surface area contributed by atoms with Gasteiger partial charge in [-0.25, -0.2) is 0 Å². The fourth-order valence-corrected chi connectivity index (χ4v) is 1.84. The van der Waals surface area contributed by atoms with Crippen LogP contribution in [0, 0.1) is 18.3 Å². The molecular formula is C13H14BrNO2. The number of anilines is 1. The number of hydrogen-bond donors (Lipinski definition) is 1. The smallest absolute Gasteiger partial charge is 0.308 e. The molecule has 4 heteroatoms. The molecule has 0 heterocycles. The lowest BCUT2D eigenvalue weighted by Gasteiger charge is -2.24. The zero-order valence-electron chi connectivity index (χ0n) is 9.56. The Hall–Kier alpha value is -1.47. The minimum absolute atomic E-state index is 0.397. The van der Waals surface area contributed by atoms with Crippen LogP contribution in [0.25, 0.3) is 0 Å². The van der Waals surface area contributed by atoms with Gasteiger partial charge in [0, 0.05) is 16.7 Å². The van der Waals surface area contributed by atoms with E-state index in [0.717, 1.165) is 10.2 Å². The lowest BCUT2D eigenvalue weighted by atomic mass is 10.1. The van der Waals surface area contributed by atoms with Crippen molar-refractivity contribution in [2.45, 2.75) is 6.92 Å². The SMILES string of the molecule is C#CCN(CC(C)C(=O)O)c1cccc(Br)c1. The summed E-state index contributed by atoms with van der Waals surface area (Å²) in [4.78, 5) is 12.7. The quantitative estimate of drug-likeness (QED) is 0.849. The van der Waals surface area contributed by atoms with E-state index in [-0.39, 0.29) is 0 Å². The number of nitrogens with zero attached hydrogens (tertiary/aromatic N) is 1. The van der Waals surface area contributed by atoms with E-state index in [1.807, 2.05) is 29.2 Å². The van der Waals surface area contributed by atoms with E-state index in [4.69, 9.17) is 11.5 Å². The van der Waals surface area contributed by atoms with E-state index in [9.17, 15) is 4.79 Å². The second-order valence-electron chi connectivity index (χ2n) is 3.80. The van der Waals surface area contributed by atoms with E-state index in [1.165, 1.54) is 0 Å². The summed E-state index contributed by atoms with van der Waals surface area (Å²) in [5.74, 6) is 1.27. The van der Waals surface area contributed by atoms with E-state index < -0.39 is 11.9 Å². The Balaban J connectivity index is 2.86. The maximum atomic E-state index is 10.8. The molecule has 1 aromatic carbocycles. The highest BCUT2D eigenvalue weighted by molar-refractivity contribution is 9.10. The highest BCUT2D eigenvalue weighted by atomic mass is 79.9. The van der Waals surface area contributed by atoms with Gasteiger partial charge < -0.3 is 10.0 Å². The summed E-state index contributed by atoms with van der Waals surface area (Å²) in [7, 11) is 0. The van der Waals surface area contributed by atoms with Crippen molar-refractivity contribution in [3.05, 3.63) is 28.7 Å². The van der Waals surface area contributed by atoms with E-state index in [0.29, 0.717) is 13.1 Å². The van der Waals surface area contributed by atoms with Crippen molar-refractivity contribution in [2.75, 3.05) is 18.0 Å². The molecule has 0 radical (unpaired) electrons. The summed E-state index contributed by atoms with van der Waals surface area (Å²) in [5.41, 5.74) is 0.922. The number of hydrogen-bond acceptors (Lipinski definition) is 2. The number of aliphatic carboxylic acids is 1. The number of carbonyl (C=O) groups is 1. The first-order valence-corrected chi connectivity index (χ1v) is 6.00. The maximum Gasteiger partial charge on any atom is 0.308 e. The molecule has 17 heavy (non-hydrogen) atoms. The van der Waals surface area contributed by atoms with E-state index in [2.05, 4.69) is 21.9 Å². The molecular weight excluding hydrogens is 282 g/mol. The van der Waals surface area contributed by atoms with Crippen LogP contribution in [-0.2, 0) is 4.79 Å². The molecule has 1 N–H and O–H groups in total. The van der Waals surface area contributed by atoms with Crippen molar-refractivity contribution in [1.82, 2.24) is 0 Å². The van der Waals surface area contributed by atoms with E-state index >= 15 is 0 Å². The largest absolute Gasteiger partial charge is 0.481 e. The van der Waals surface area contributed by atoms with Gasteiger partial charge in [-0.3, -0.25) is 4.79 Å². The van der Waals surface area contributed by atoms with Gasteiger partial charge in [-0.05, 0) is 18.2 Å². The maximum absolute atomic E-state index is 10.8. The van der Waals surface area contributed by atoms with Crippen molar-refractivity contribution < 1.29 is 9.90 Å². The molecule has 1 rings (SSSR count). The average molecular weight is 296 g/mol. The van der Waals surface area contributed by atoms with Crippen LogP contribution in [0.3, 0.4) is 0 Å². The number of rotatable bonds is 5. The Kier molecular flexibility index (Phi) is 5.05. The molecule has 0 bridgehead atoms. The van der Waals surface area contributed by atoms with Crippen LogP contribution < -0.4 is 4.90 Å². The number of benzene rings is 1. The van der Waals surface area contributed by atoms with Crippen LogP contribution in [-0.4, -0.2) is 24.2 Å². The van der Waals surface area contributed by atoms with E-state index in [1.54, 1.807) is 6.92 Å². The Bertz CT molecular complexity index is 439. The molecule has 0 aromatic heterocycles. The summed E-state index contributed by atoms with van der Waals surface area (Å²) >= 11 is 3.38. The van der Waals surface area contributed by atoms with Crippen LogP contribution in [0.15, 0.2) is 28.7 Å². The number of carboxylic acids is 1. The van der Waals surface area contributed by atoms with Gasteiger partial charge in [-0.2, -0.15) is 0 Å². The molecule has 0 amide bonds. The molecule has 3 nitrogen and oxygen atoms in total. The van der Waals surface area contributed by atoms with Crippen molar-refractivity contribution >= 4 is 27.6 Å². The third-order valence-corrected chi connectivity index (χ3v) is 2.86. The molecule has 1 aromatic rings. The molecule has 0 aliphatic rings. The predicted molar refractivity (Wildman–Crippen MR) is 72.0 cm³/mol. The van der Waals surface area contributed by atoms with Crippen LogP contribution in [0.1, 0.15) is 6.92 Å². The fraction of sp³-hybridized carbons (Fsp3) is 0.308. The second-order valence-corrected chi connectivity index (χ2v) is 4.72. The molecule has 0 spiro atoms. The molecule has 0 fully saturated rings. The number of halogens is 1. The Morgan fingerprint density at radius 3 is 2.88 bits per heavy atom. The minimum atomic E-state index is -0.818. The second kappa shape index (κ2) is 6.31. The summed E-state index contributed by atoms with van der Waals surface area (Å²) in [6.45, 7) is 2.47. The van der Waals surface area contributed by atoms with Gasteiger partial charge in [0.1, 0.15) is 0 Å². The van der Waals surface area contributed by atoms with Crippen LogP contribution in [0.2, 0.25) is 0 Å². The van der Waals surface area contributed by atoms with Gasteiger partial charge in [-0.15, -0.1) is 6.42 Å². The summed E-state index contributed by atoms with van der Waals surface area (Å²) in [6, 6.07) is 7.65. The van der Waals surface area contributed by atoms with Crippen molar-refractivity contribution in [2.24, 2.45) is 5.92 Å². The van der Waals surface area contributed by atoms with Crippen LogP contribution in [0.5, 0.6) is 0 Å². The lowest BCUT2D eigenvalue weighted by molar-refractivity contribution is -0.140. The summed E-state index contributed by atoms with van der Waals surface area (Å²) < 4.78 is 0.944. The Morgan fingerprint density at radius 2 is 2.35 bits per heavy atom. The predicted octanol–water partition coefficient (Wildman–Crippen LogP) is 2.61. The monoisotopic (exact) mass is 295 g/mol. The number of terminal acetylenes is 1. The first kappa shape index (κ1) is 13.6. The summed E-state index contributed by atoms with van der Waals surface area (Å²) in [6.07, 6.45) is 5.31. The summed E-state index contributed by atoms with van der Waals surface area (Å²) in [5, 5.41) is 8.91. The van der Waals surface area contributed by atoms with Crippen LogP contribution in [0.4, 0.5) is 5.69 Å². The van der Waals surface area contributed by atoms with Gasteiger partial charge in [0.2, 0.25) is 0 Å². The van der Waals surface area contributed by atoms with Crippen LogP contribution >= 0.6 is 15.9 Å². The average Bonchev–Trinajstić information content (AvgIpc) is 2.28. The zero-order chi connectivity index (χ0) is 12.8. The molecule has 0 aliphatic heterocycles. The van der Waals surface area contributed by atoms with Gasteiger partial charge in [0.05, 0.1) is 12.5 Å². The highest BCUT2D eigenvalue weighted by Crippen LogP contribution is 2.20. The normalized spacial score (nSPS) is 11.6. The molecule has 0 saturated carbocycles. The minimum Gasteiger partial charge on any atom is -0.481 e. The molecule has 0 saturated heterocycles. The van der Waals surface area contributed by atoms with Gasteiger partial charge in [0.15, 0.2) is 0 Å².